The van der Waals surface area contributed by atoms with E-state index >= 15 is 0 Å². The minimum atomic E-state index is 0.0516. The van der Waals surface area contributed by atoms with Crippen molar-refractivity contribution in [2.24, 2.45) is 0 Å². The molecule has 37 heavy (non-hydrogen) atoms. The van der Waals surface area contributed by atoms with Crippen molar-refractivity contribution >= 4 is 0 Å². The van der Waals surface area contributed by atoms with Gasteiger partial charge in [-0.05, 0) is 82.5 Å². The Labute approximate surface area is 223 Å². The van der Waals surface area contributed by atoms with Crippen LogP contribution in [0.25, 0.3) is 0 Å². The van der Waals surface area contributed by atoms with E-state index in [2.05, 4.69) is 99.6 Å². The fourth-order valence-corrected chi connectivity index (χ4v) is 5.10. The van der Waals surface area contributed by atoms with E-state index in [4.69, 9.17) is 4.74 Å². The average molecular weight is 493 g/mol. The van der Waals surface area contributed by atoms with E-state index in [1.165, 1.54) is 22.3 Å². The Balaban J connectivity index is 1.40. The zero-order chi connectivity index (χ0) is 26.0. The van der Waals surface area contributed by atoms with E-state index in [9.17, 15) is 5.11 Å². The zero-order valence-electron chi connectivity index (χ0n) is 22.4. The number of aliphatic hydroxyl groups excluding tert-OH is 1. The Morgan fingerprint density at radius 2 is 1.11 bits per heavy atom. The lowest BCUT2D eigenvalue weighted by Crippen LogP contribution is -2.09. The molecule has 0 saturated heterocycles. The monoisotopic (exact) mass is 492 g/mol. The Morgan fingerprint density at radius 3 is 1.62 bits per heavy atom. The van der Waals surface area contributed by atoms with Crippen molar-refractivity contribution in [1.29, 1.82) is 0 Å². The summed E-state index contributed by atoms with van der Waals surface area (Å²) in [4.78, 5) is 0. The fourth-order valence-electron chi connectivity index (χ4n) is 5.10. The van der Waals surface area contributed by atoms with Crippen LogP contribution < -0.4 is 4.74 Å². The van der Waals surface area contributed by atoms with E-state index < -0.39 is 0 Å². The Morgan fingerprint density at radius 1 is 0.595 bits per heavy atom. The summed E-state index contributed by atoms with van der Waals surface area (Å²) in [5.41, 5.74) is 7.69. The van der Waals surface area contributed by atoms with Crippen LogP contribution in [0.5, 0.6) is 5.75 Å². The van der Waals surface area contributed by atoms with E-state index in [1.54, 1.807) is 0 Å². The summed E-state index contributed by atoms with van der Waals surface area (Å²) in [6.07, 6.45) is 3.34. The molecule has 0 aliphatic heterocycles. The first kappa shape index (κ1) is 26.7. The molecule has 0 bridgehead atoms. The summed E-state index contributed by atoms with van der Waals surface area (Å²) < 4.78 is 5.93. The average Bonchev–Trinajstić information content (AvgIpc) is 2.96. The van der Waals surface area contributed by atoms with Crippen molar-refractivity contribution in [1.82, 2.24) is 0 Å². The number of ether oxygens (including phenoxy) is 1. The first-order valence-corrected chi connectivity index (χ1v) is 13.6. The molecule has 0 aliphatic carbocycles. The van der Waals surface area contributed by atoms with Gasteiger partial charge in [0.1, 0.15) is 12.4 Å². The third-order valence-electron chi connectivity index (χ3n) is 7.56. The highest BCUT2D eigenvalue weighted by molar-refractivity contribution is 5.30. The number of rotatable bonds is 12. The van der Waals surface area contributed by atoms with Gasteiger partial charge in [0, 0.05) is 0 Å². The molecular formula is C35H40O2. The van der Waals surface area contributed by atoms with Crippen LogP contribution in [0.3, 0.4) is 0 Å². The van der Waals surface area contributed by atoms with Crippen molar-refractivity contribution in [2.75, 3.05) is 0 Å². The van der Waals surface area contributed by atoms with Crippen LogP contribution in [0.1, 0.15) is 84.7 Å². The standard InChI is InChI=1S/C35H40O2/c1-4-28-10-16-31(17-11-28)26(2)22-34(33-8-6-5-7-9-33)23-27(3)32-18-12-30(13-19-32)25-37-35-20-14-29(24-36)15-21-35/h5-21,26-27,34,36H,4,22-25H2,1-3H3. The van der Waals surface area contributed by atoms with Crippen molar-refractivity contribution in [3.8, 4) is 5.75 Å². The van der Waals surface area contributed by atoms with Crippen molar-refractivity contribution in [3.63, 3.8) is 0 Å². The van der Waals surface area contributed by atoms with Crippen LogP contribution in [0, 0.1) is 0 Å². The molecule has 0 fully saturated rings. The molecule has 2 nitrogen and oxygen atoms in total. The second kappa shape index (κ2) is 13.3. The number of hydrogen-bond donors (Lipinski definition) is 1. The number of aliphatic hydroxyl groups is 1. The molecule has 0 radical (unpaired) electrons. The van der Waals surface area contributed by atoms with Gasteiger partial charge in [-0.2, -0.15) is 0 Å². The lowest BCUT2D eigenvalue weighted by molar-refractivity contribution is 0.280. The summed E-state index contributed by atoms with van der Waals surface area (Å²) in [6.45, 7) is 7.52. The Bertz CT molecular complexity index is 1200. The molecule has 3 atom stereocenters. The van der Waals surface area contributed by atoms with E-state index in [1.807, 2.05) is 24.3 Å². The second-order valence-corrected chi connectivity index (χ2v) is 10.3. The molecule has 2 heteroatoms. The quantitative estimate of drug-likeness (QED) is 0.214. The third kappa shape index (κ3) is 7.57. The maximum Gasteiger partial charge on any atom is 0.119 e. The highest BCUT2D eigenvalue weighted by Gasteiger charge is 2.20. The molecule has 192 valence electrons. The smallest absolute Gasteiger partial charge is 0.119 e. The van der Waals surface area contributed by atoms with Gasteiger partial charge < -0.3 is 9.84 Å². The predicted molar refractivity (Wildman–Crippen MR) is 154 cm³/mol. The number of benzene rings is 4. The maximum atomic E-state index is 9.20. The van der Waals surface area contributed by atoms with Gasteiger partial charge >= 0.3 is 0 Å². The first-order chi connectivity index (χ1) is 18.1. The minimum absolute atomic E-state index is 0.0516. The predicted octanol–water partition coefficient (Wildman–Crippen LogP) is 8.79. The Hall–Kier alpha value is -3.36. The van der Waals surface area contributed by atoms with Gasteiger partial charge in [-0.3, -0.25) is 0 Å². The molecule has 0 amide bonds. The molecule has 4 aromatic carbocycles. The van der Waals surface area contributed by atoms with E-state index in [0.29, 0.717) is 24.4 Å². The summed E-state index contributed by atoms with van der Waals surface area (Å²) in [7, 11) is 0. The van der Waals surface area contributed by atoms with Crippen LogP contribution in [-0.4, -0.2) is 5.11 Å². The van der Waals surface area contributed by atoms with Crippen molar-refractivity contribution in [2.45, 2.75) is 71.0 Å². The number of hydrogen-bond acceptors (Lipinski definition) is 2. The molecular weight excluding hydrogens is 452 g/mol. The zero-order valence-corrected chi connectivity index (χ0v) is 22.4. The fraction of sp³-hybridized carbons (Fsp3) is 0.314. The molecule has 0 saturated carbocycles. The van der Waals surface area contributed by atoms with Gasteiger partial charge in [-0.15, -0.1) is 0 Å². The molecule has 4 aromatic rings. The van der Waals surface area contributed by atoms with E-state index in [0.717, 1.165) is 36.1 Å². The molecule has 0 spiro atoms. The molecule has 1 N–H and O–H groups in total. The molecule has 0 aromatic heterocycles. The highest BCUT2D eigenvalue weighted by Crippen LogP contribution is 2.37. The summed E-state index contributed by atoms with van der Waals surface area (Å²) >= 11 is 0. The minimum Gasteiger partial charge on any atom is -0.489 e. The molecule has 0 heterocycles. The summed E-state index contributed by atoms with van der Waals surface area (Å²) in [5.74, 6) is 2.29. The van der Waals surface area contributed by atoms with Crippen LogP contribution >= 0.6 is 0 Å². The topological polar surface area (TPSA) is 29.5 Å². The van der Waals surface area contributed by atoms with Crippen LogP contribution in [0.2, 0.25) is 0 Å². The lowest BCUT2D eigenvalue weighted by atomic mass is 9.79. The maximum absolute atomic E-state index is 9.20. The largest absolute Gasteiger partial charge is 0.489 e. The van der Waals surface area contributed by atoms with Gasteiger partial charge in [-0.25, -0.2) is 0 Å². The lowest BCUT2D eigenvalue weighted by Gasteiger charge is -2.25. The van der Waals surface area contributed by atoms with Gasteiger partial charge in [-0.1, -0.05) is 112 Å². The third-order valence-corrected chi connectivity index (χ3v) is 7.56. The second-order valence-electron chi connectivity index (χ2n) is 10.3. The van der Waals surface area contributed by atoms with Crippen LogP contribution in [0.15, 0.2) is 103 Å². The van der Waals surface area contributed by atoms with Gasteiger partial charge in [0.25, 0.3) is 0 Å². The number of aryl methyl sites for hydroxylation is 1. The first-order valence-electron chi connectivity index (χ1n) is 13.6. The molecule has 4 rings (SSSR count). The van der Waals surface area contributed by atoms with Gasteiger partial charge in [0.15, 0.2) is 0 Å². The van der Waals surface area contributed by atoms with Gasteiger partial charge in [0.2, 0.25) is 0 Å². The molecule has 0 aliphatic rings. The normalized spacial score (nSPS) is 13.6. The summed E-state index contributed by atoms with van der Waals surface area (Å²) in [6, 6.07) is 36.7. The van der Waals surface area contributed by atoms with Gasteiger partial charge in [0.05, 0.1) is 6.61 Å². The molecule has 3 unspecified atom stereocenters. The highest BCUT2D eigenvalue weighted by atomic mass is 16.5. The van der Waals surface area contributed by atoms with E-state index in [-0.39, 0.29) is 6.61 Å². The van der Waals surface area contributed by atoms with Crippen LogP contribution in [0.4, 0.5) is 0 Å². The van der Waals surface area contributed by atoms with Crippen LogP contribution in [-0.2, 0) is 19.6 Å². The SMILES string of the molecule is CCc1ccc(C(C)CC(CC(C)c2ccc(COc3ccc(CO)cc3)cc2)c2ccccc2)cc1. The summed E-state index contributed by atoms with van der Waals surface area (Å²) in [5, 5.41) is 9.20. The van der Waals surface area contributed by atoms with Crippen molar-refractivity contribution < 1.29 is 9.84 Å². The Kier molecular flexibility index (Phi) is 9.57. The van der Waals surface area contributed by atoms with Crippen molar-refractivity contribution in [3.05, 3.63) is 137 Å².